The average molecular weight is 177 g/mol. The maximum atomic E-state index is 6.04. The summed E-state index contributed by atoms with van der Waals surface area (Å²) in [6.45, 7) is 4.47. The molecule has 13 heavy (non-hydrogen) atoms. The van der Waals surface area contributed by atoms with Gasteiger partial charge in [-0.2, -0.15) is 0 Å². The smallest absolute Gasteiger partial charge is 0.0294 e. The molecule has 1 atom stereocenters. The van der Waals surface area contributed by atoms with Gasteiger partial charge in [0.25, 0.3) is 0 Å². The number of hydrogen-bond donors (Lipinski definition) is 1. The zero-order valence-corrected chi connectivity index (χ0v) is 8.53. The third kappa shape index (κ3) is 3.60. The molecule has 0 aliphatic heterocycles. The molecule has 1 nitrogen and oxygen atoms in total. The Morgan fingerprint density at radius 2 is 1.69 bits per heavy atom. The third-order valence-electron chi connectivity index (χ3n) is 2.28. The Kier molecular flexibility index (Phi) is 3.97. The van der Waals surface area contributed by atoms with E-state index in [1.54, 1.807) is 0 Å². The number of nitrogens with two attached hydrogens (primary N) is 1. The van der Waals surface area contributed by atoms with Crippen molar-refractivity contribution in [3.05, 3.63) is 35.9 Å². The Hall–Kier alpha value is -0.820. The zero-order valence-electron chi connectivity index (χ0n) is 8.53. The highest BCUT2D eigenvalue weighted by Crippen LogP contribution is 2.17. The largest absolute Gasteiger partial charge is 0.324 e. The van der Waals surface area contributed by atoms with E-state index in [2.05, 4.69) is 26.0 Å². The maximum Gasteiger partial charge on any atom is 0.0294 e. The second-order valence-electron chi connectivity index (χ2n) is 3.99. The van der Waals surface area contributed by atoms with E-state index < -0.39 is 0 Å². The SMILES string of the molecule is CC(C)CCC(N)c1ccccc1. The van der Waals surface area contributed by atoms with Gasteiger partial charge in [0.15, 0.2) is 0 Å². The highest BCUT2D eigenvalue weighted by molar-refractivity contribution is 5.18. The molecule has 0 heterocycles. The molecule has 0 saturated heterocycles. The minimum Gasteiger partial charge on any atom is -0.324 e. The molecule has 1 heteroatoms. The van der Waals surface area contributed by atoms with Crippen molar-refractivity contribution in [3.8, 4) is 0 Å². The van der Waals surface area contributed by atoms with E-state index in [4.69, 9.17) is 5.73 Å². The zero-order chi connectivity index (χ0) is 9.68. The summed E-state index contributed by atoms with van der Waals surface area (Å²) in [5, 5.41) is 0. The monoisotopic (exact) mass is 177 g/mol. The van der Waals surface area contributed by atoms with Crippen molar-refractivity contribution in [1.29, 1.82) is 0 Å². The van der Waals surface area contributed by atoms with Gasteiger partial charge in [-0.25, -0.2) is 0 Å². The van der Waals surface area contributed by atoms with E-state index in [9.17, 15) is 0 Å². The first-order valence-electron chi connectivity index (χ1n) is 5.00. The van der Waals surface area contributed by atoms with Gasteiger partial charge in [0.1, 0.15) is 0 Å². The number of rotatable bonds is 4. The summed E-state index contributed by atoms with van der Waals surface area (Å²) < 4.78 is 0. The lowest BCUT2D eigenvalue weighted by Gasteiger charge is -2.12. The van der Waals surface area contributed by atoms with Crippen LogP contribution in [-0.4, -0.2) is 0 Å². The molecule has 1 aromatic rings. The Balaban J connectivity index is 2.44. The van der Waals surface area contributed by atoms with Gasteiger partial charge in [0.2, 0.25) is 0 Å². The van der Waals surface area contributed by atoms with Gasteiger partial charge in [-0.1, -0.05) is 44.2 Å². The third-order valence-corrected chi connectivity index (χ3v) is 2.28. The van der Waals surface area contributed by atoms with Gasteiger partial charge < -0.3 is 5.73 Å². The van der Waals surface area contributed by atoms with Crippen LogP contribution in [-0.2, 0) is 0 Å². The predicted octanol–water partition coefficient (Wildman–Crippen LogP) is 3.12. The average Bonchev–Trinajstić information content (AvgIpc) is 2.15. The van der Waals surface area contributed by atoms with Gasteiger partial charge in [0.05, 0.1) is 0 Å². The van der Waals surface area contributed by atoms with Gasteiger partial charge in [-0.15, -0.1) is 0 Å². The fraction of sp³-hybridized carbons (Fsp3) is 0.500. The van der Waals surface area contributed by atoms with E-state index in [1.165, 1.54) is 12.0 Å². The molecule has 0 bridgehead atoms. The van der Waals surface area contributed by atoms with Crippen LogP contribution < -0.4 is 5.73 Å². The molecule has 0 radical (unpaired) electrons. The highest BCUT2D eigenvalue weighted by atomic mass is 14.6. The van der Waals surface area contributed by atoms with Crippen LogP contribution in [0.2, 0.25) is 0 Å². The van der Waals surface area contributed by atoms with Crippen LogP contribution in [0.5, 0.6) is 0 Å². The molecule has 1 rings (SSSR count). The summed E-state index contributed by atoms with van der Waals surface area (Å²) in [5.41, 5.74) is 7.30. The topological polar surface area (TPSA) is 26.0 Å². The summed E-state index contributed by atoms with van der Waals surface area (Å²) in [5.74, 6) is 0.745. The van der Waals surface area contributed by atoms with Crippen LogP contribution in [0.4, 0.5) is 0 Å². The first-order chi connectivity index (χ1) is 6.20. The summed E-state index contributed by atoms with van der Waals surface area (Å²) in [7, 11) is 0. The molecule has 72 valence electrons. The maximum absolute atomic E-state index is 6.04. The van der Waals surface area contributed by atoms with Crippen molar-refractivity contribution >= 4 is 0 Å². The molecule has 0 fully saturated rings. The Morgan fingerprint density at radius 3 is 2.23 bits per heavy atom. The first-order valence-corrected chi connectivity index (χ1v) is 5.00. The minimum atomic E-state index is 0.212. The Morgan fingerprint density at radius 1 is 1.08 bits per heavy atom. The van der Waals surface area contributed by atoms with Gasteiger partial charge in [-0.05, 0) is 24.3 Å². The van der Waals surface area contributed by atoms with E-state index >= 15 is 0 Å². The van der Waals surface area contributed by atoms with Crippen molar-refractivity contribution in [3.63, 3.8) is 0 Å². The van der Waals surface area contributed by atoms with Crippen LogP contribution >= 0.6 is 0 Å². The van der Waals surface area contributed by atoms with Crippen molar-refractivity contribution in [2.75, 3.05) is 0 Å². The van der Waals surface area contributed by atoms with Gasteiger partial charge >= 0.3 is 0 Å². The minimum absolute atomic E-state index is 0.212. The predicted molar refractivity (Wildman–Crippen MR) is 57.4 cm³/mol. The molecule has 2 N–H and O–H groups in total. The van der Waals surface area contributed by atoms with Crippen LogP contribution in [0.15, 0.2) is 30.3 Å². The number of benzene rings is 1. The summed E-state index contributed by atoms with van der Waals surface area (Å²) >= 11 is 0. The van der Waals surface area contributed by atoms with E-state index in [0.717, 1.165) is 12.3 Å². The molecular formula is C12H19N. The highest BCUT2D eigenvalue weighted by Gasteiger charge is 2.05. The van der Waals surface area contributed by atoms with Gasteiger partial charge in [0, 0.05) is 6.04 Å². The molecule has 1 aromatic carbocycles. The lowest BCUT2D eigenvalue weighted by atomic mass is 9.98. The molecule has 0 aliphatic rings. The molecule has 0 aliphatic carbocycles. The second kappa shape index (κ2) is 5.03. The van der Waals surface area contributed by atoms with Crippen molar-refractivity contribution in [1.82, 2.24) is 0 Å². The van der Waals surface area contributed by atoms with Crippen LogP contribution in [0.1, 0.15) is 38.3 Å². The summed E-state index contributed by atoms with van der Waals surface area (Å²) in [4.78, 5) is 0. The second-order valence-corrected chi connectivity index (χ2v) is 3.99. The van der Waals surface area contributed by atoms with E-state index in [0.29, 0.717) is 0 Å². The lowest BCUT2D eigenvalue weighted by molar-refractivity contribution is 0.507. The molecule has 0 amide bonds. The first kappa shape index (κ1) is 10.3. The molecule has 0 saturated carbocycles. The van der Waals surface area contributed by atoms with Crippen molar-refractivity contribution < 1.29 is 0 Å². The fourth-order valence-electron chi connectivity index (χ4n) is 1.38. The van der Waals surface area contributed by atoms with E-state index in [1.807, 2.05) is 18.2 Å². The Labute approximate surface area is 81.0 Å². The van der Waals surface area contributed by atoms with Crippen LogP contribution in [0, 0.1) is 5.92 Å². The van der Waals surface area contributed by atoms with Crippen LogP contribution in [0.3, 0.4) is 0 Å². The quantitative estimate of drug-likeness (QED) is 0.751. The normalized spacial score (nSPS) is 13.2. The molecule has 1 unspecified atom stereocenters. The standard InChI is InChI=1S/C12H19N/c1-10(2)8-9-12(13)11-6-4-3-5-7-11/h3-7,10,12H,8-9,13H2,1-2H3. The van der Waals surface area contributed by atoms with E-state index in [-0.39, 0.29) is 6.04 Å². The van der Waals surface area contributed by atoms with Crippen molar-refractivity contribution in [2.45, 2.75) is 32.7 Å². The molecule has 0 aromatic heterocycles. The Bertz CT molecular complexity index is 228. The molecular weight excluding hydrogens is 158 g/mol. The fourth-order valence-corrected chi connectivity index (χ4v) is 1.38. The van der Waals surface area contributed by atoms with Crippen LogP contribution in [0.25, 0.3) is 0 Å². The molecule has 0 spiro atoms. The summed E-state index contributed by atoms with van der Waals surface area (Å²) in [6.07, 6.45) is 2.29. The number of hydrogen-bond acceptors (Lipinski definition) is 1. The summed E-state index contributed by atoms with van der Waals surface area (Å²) in [6, 6.07) is 10.5. The van der Waals surface area contributed by atoms with Crippen molar-refractivity contribution in [2.24, 2.45) is 11.7 Å². The van der Waals surface area contributed by atoms with Gasteiger partial charge in [-0.3, -0.25) is 0 Å². The lowest BCUT2D eigenvalue weighted by Crippen LogP contribution is -2.10.